The number of nitrogens with zero attached hydrogens (tertiary/aromatic N) is 2. The molecule has 0 unspecified atom stereocenters. The van der Waals surface area contributed by atoms with Crippen LogP contribution < -0.4 is 5.73 Å². The summed E-state index contributed by atoms with van der Waals surface area (Å²) in [5, 5.41) is 0.961. The Hall–Kier alpha value is -0.980. The van der Waals surface area contributed by atoms with Crippen LogP contribution in [0.4, 0.5) is 5.95 Å². The summed E-state index contributed by atoms with van der Waals surface area (Å²) in [4.78, 5) is 4.32. The van der Waals surface area contributed by atoms with Crippen molar-refractivity contribution in [1.29, 1.82) is 0 Å². The van der Waals surface area contributed by atoms with E-state index < -0.39 is 0 Å². The van der Waals surface area contributed by atoms with Crippen LogP contribution in [0, 0.1) is 3.57 Å². The minimum atomic E-state index is 0.412. The number of halogens is 3. The molecule has 2 aromatic carbocycles. The second kappa shape index (κ2) is 4.85. The fourth-order valence-corrected chi connectivity index (χ4v) is 2.82. The lowest BCUT2D eigenvalue weighted by molar-refractivity contribution is 1.11. The highest BCUT2D eigenvalue weighted by Gasteiger charge is 2.12. The van der Waals surface area contributed by atoms with Gasteiger partial charge in [0.25, 0.3) is 0 Å². The first-order chi connectivity index (χ1) is 9.06. The molecule has 0 aliphatic heterocycles. The van der Waals surface area contributed by atoms with Gasteiger partial charge in [-0.3, -0.25) is 4.57 Å². The molecule has 3 aromatic rings. The summed E-state index contributed by atoms with van der Waals surface area (Å²) in [5.41, 5.74) is 8.52. The number of nitrogens with two attached hydrogens (primary N) is 1. The summed E-state index contributed by atoms with van der Waals surface area (Å²) in [6, 6.07) is 11.5. The second-order valence-corrected chi connectivity index (χ2v) is 6.10. The maximum Gasteiger partial charge on any atom is 0.205 e. The molecule has 0 atom stereocenters. The van der Waals surface area contributed by atoms with Gasteiger partial charge in [0.05, 0.1) is 26.8 Å². The van der Waals surface area contributed by atoms with Gasteiger partial charge in [-0.25, -0.2) is 4.98 Å². The molecule has 6 heteroatoms. The van der Waals surface area contributed by atoms with E-state index in [1.165, 1.54) is 0 Å². The van der Waals surface area contributed by atoms with E-state index in [4.69, 9.17) is 28.9 Å². The van der Waals surface area contributed by atoms with E-state index in [9.17, 15) is 0 Å². The first-order valence-electron chi connectivity index (χ1n) is 5.45. The first kappa shape index (κ1) is 13.0. The van der Waals surface area contributed by atoms with Gasteiger partial charge in [-0.2, -0.15) is 0 Å². The van der Waals surface area contributed by atoms with Crippen molar-refractivity contribution >= 4 is 62.8 Å². The van der Waals surface area contributed by atoms with E-state index in [0.717, 1.165) is 20.3 Å². The van der Waals surface area contributed by atoms with Crippen molar-refractivity contribution in [3.8, 4) is 5.69 Å². The van der Waals surface area contributed by atoms with Gasteiger partial charge in [-0.15, -0.1) is 0 Å². The predicted molar refractivity (Wildman–Crippen MR) is 88.2 cm³/mol. The summed E-state index contributed by atoms with van der Waals surface area (Å²) in [6.07, 6.45) is 0. The minimum Gasteiger partial charge on any atom is -0.369 e. The zero-order chi connectivity index (χ0) is 13.6. The van der Waals surface area contributed by atoms with Crippen LogP contribution in [0.3, 0.4) is 0 Å². The van der Waals surface area contributed by atoms with Crippen molar-refractivity contribution in [1.82, 2.24) is 9.55 Å². The third kappa shape index (κ3) is 2.28. The summed E-state index contributed by atoms with van der Waals surface area (Å²) in [6.45, 7) is 0. The largest absolute Gasteiger partial charge is 0.369 e. The monoisotopic (exact) mass is 403 g/mol. The van der Waals surface area contributed by atoms with Crippen LogP contribution in [-0.2, 0) is 0 Å². The summed E-state index contributed by atoms with van der Waals surface area (Å²) in [7, 11) is 0. The van der Waals surface area contributed by atoms with E-state index in [1.807, 2.05) is 28.8 Å². The fourth-order valence-electron chi connectivity index (χ4n) is 1.98. The molecule has 0 bridgehead atoms. The van der Waals surface area contributed by atoms with Gasteiger partial charge in [0.15, 0.2) is 0 Å². The Kier molecular flexibility index (Phi) is 3.32. The van der Waals surface area contributed by atoms with Crippen LogP contribution >= 0.6 is 45.8 Å². The smallest absolute Gasteiger partial charge is 0.205 e. The highest BCUT2D eigenvalue weighted by Crippen LogP contribution is 2.31. The Morgan fingerprint density at radius 2 is 1.84 bits per heavy atom. The van der Waals surface area contributed by atoms with Crippen LogP contribution in [0.25, 0.3) is 16.7 Å². The molecule has 2 N–H and O–H groups in total. The molecule has 0 saturated carbocycles. The van der Waals surface area contributed by atoms with E-state index in [0.29, 0.717) is 16.0 Å². The predicted octanol–water partition coefficient (Wildman–Crippen LogP) is 4.52. The van der Waals surface area contributed by atoms with Gasteiger partial charge in [0.2, 0.25) is 5.95 Å². The molecule has 0 saturated heterocycles. The molecule has 96 valence electrons. The molecule has 1 aromatic heterocycles. The summed E-state index contributed by atoms with van der Waals surface area (Å²) >= 11 is 14.3. The number of benzene rings is 2. The maximum atomic E-state index is 6.07. The molecule has 1 heterocycles. The molecule has 3 rings (SSSR count). The average Bonchev–Trinajstić information content (AvgIpc) is 2.65. The van der Waals surface area contributed by atoms with Gasteiger partial charge < -0.3 is 5.73 Å². The standard InChI is InChI=1S/C13H8Cl2IN3/c14-9-5-11-12(6-10(9)15)19(13(17)18-11)8-3-1-2-7(16)4-8/h1-6H,(H2,17,18). The van der Waals surface area contributed by atoms with Gasteiger partial charge in [0.1, 0.15) is 0 Å². The Morgan fingerprint density at radius 3 is 2.58 bits per heavy atom. The fraction of sp³-hybridized carbons (Fsp3) is 0. The maximum absolute atomic E-state index is 6.07. The van der Waals surface area contributed by atoms with E-state index in [1.54, 1.807) is 12.1 Å². The molecule has 0 aliphatic rings. The molecular weight excluding hydrogens is 396 g/mol. The van der Waals surface area contributed by atoms with Crippen molar-refractivity contribution < 1.29 is 0 Å². The molecule has 0 amide bonds. The van der Waals surface area contributed by atoms with Crippen molar-refractivity contribution in [3.63, 3.8) is 0 Å². The number of rotatable bonds is 1. The van der Waals surface area contributed by atoms with Crippen molar-refractivity contribution in [2.45, 2.75) is 0 Å². The molecule has 0 spiro atoms. The zero-order valence-electron chi connectivity index (χ0n) is 9.57. The molecule has 19 heavy (non-hydrogen) atoms. The average molecular weight is 404 g/mol. The minimum absolute atomic E-state index is 0.412. The highest BCUT2D eigenvalue weighted by molar-refractivity contribution is 14.1. The number of hydrogen-bond acceptors (Lipinski definition) is 2. The number of aromatic nitrogens is 2. The topological polar surface area (TPSA) is 43.8 Å². The molecule has 0 fully saturated rings. The number of fused-ring (bicyclic) bond motifs is 1. The van der Waals surface area contributed by atoms with Crippen molar-refractivity contribution in [2.75, 3.05) is 5.73 Å². The SMILES string of the molecule is Nc1nc2cc(Cl)c(Cl)cc2n1-c1cccc(I)c1. The number of nitrogen functional groups attached to an aromatic ring is 1. The quantitative estimate of drug-likeness (QED) is 0.607. The molecular formula is C13H8Cl2IN3. The summed E-state index contributed by atoms with van der Waals surface area (Å²) < 4.78 is 2.98. The van der Waals surface area contributed by atoms with Crippen molar-refractivity contribution in [3.05, 3.63) is 50.0 Å². The van der Waals surface area contributed by atoms with E-state index in [-0.39, 0.29) is 0 Å². The normalized spacial score (nSPS) is 11.1. The van der Waals surface area contributed by atoms with E-state index in [2.05, 4.69) is 27.6 Å². The van der Waals surface area contributed by atoms with Gasteiger partial charge in [-0.05, 0) is 52.9 Å². The van der Waals surface area contributed by atoms with Crippen molar-refractivity contribution in [2.24, 2.45) is 0 Å². The van der Waals surface area contributed by atoms with E-state index >= 15 is 0 Å². The third-order valence-corrected chi connectivity index (χ3v) is 4.18. The molecule has 3 nitrogen and oxygen atoms in total. The molecule has 0 radical (unpaired) electrons. The number of hydrogen-bond donors (Lipinski definition) is 1. The van der Waals surface area contributed by atoms with Crippen LogP contribution in [0.1, 0.15) is 0 Å². The van der Waals surface area contributed by atoms with Gasteiger partial charge in [-0.1, -0.05) is 29.3 Å². The number of anilines is 1. The van der Waals surface area contributed by atoms with Crippen LogP contribution in [-0.4, -0.2) is 9.55 Å². The second-order valence-electron chi connectivity index (χ2n) is 4.04. The highest BCUT2D eigenvalue weighted by atomic mass is 127. The van der Waals surface area contributed by atoms with Crippen LogP contribution in [0.2, 0.25) is 10.0 Å². The lowest BCUT2D eigenvalue weighted by Crippen LogP contribution is -2.00. The Morgan fingerprint density at radius 1 is 1.11 bits per heavy atom. The Balaban J connectivity index is 2.34. The van der Waals surface area contributed by atoms with Gasteiger partial charge in [0, 0.05) is 3.57 Å². The van der Waals surface area contributed by atoms with Crippen LogP contribution in [0.5, 0.6) is 0 Å². The van der Waals surface area contributed by atoms with Gasteiger partial charge >= 0.3 is 0 Å². The lowest BCUT2D eigenvalue weighted by atomic mass is 10.3. The number of imidazole rings is 1. The lowest BCUT2D eigenvalue weighted by Gasteiger charge is -2.07. The van der Waals surface area contributed by atoms with Crippen LogP contribution in [0.15, 0.2) is 36.4 Å². The Bertz CT molecular complexity index is 783. The first-order valence-corrected chi connectivity index (χ1v) is 7.28. The summed E-state index contributed by atoms with van der Waals surface area (Å²) in [5.74, 6) is 0.412. The third-order valence-electron chi connectivity index (χ3n) is 2.79. The Labute approximate surface area is 133 Å². The molecule has 0 aliphatic carbocycles. The zero-order valence-corrected chi connectivity index (χ0v) is 13.2.